The third-order valence-electron chi connectivity index (χ3n) is 4.97. The molecule has 0 saturated heterocycles. The summed E-state index contributed by atoms with van der Waals surface area (Å²) >= 11 is 7.55. The van der Waals surface area contributed by atoms with Gasteiger partial charge in [-0.2, -0.15) is 0 Å². The van der Waals surface area contributed by atoms with Crippen molar-refractivity contribution in [3.05, 3.63) is 106 Å². The van der Waals surface area contributed by atoms with Crippen LogP contribution in [0.2, 0.25) is 5.02 Å². The van der Waals surface area contributed by atoms with Crippen LogP contribution in [0.3, 0.4) is 0 Å². The van der Waals surface area contributed by atoms with Crippen LogP contribution < -0.4 is 5.56 Å². The first-order chi connectivity index (χ1) is 15.6. The van der Waals surface area contributed by atoms with Gasteiger partial charge in [0.15, 0.2) is 0 Å². The zero-order valence-electron chi connectivity index (χ0n) is 17.3. The van der Waals surface area contributed by atoms with E-state index >= 15 is 0 Å². The minimum atomic E-state index is -0.198. The molecule has 0 radical (unpaired) electrons. The summed E-state index contributed by atoms with van der Waals surface area (Å²) in [6.45, 7) is 0.682. The van der Waals surface area contributed by atoms with E-state index in [0.717, 1.165) is 10.5 Å². The Hall–Kier alpha value is -3.09. The van der Waals surface area contributed by atoms with Crippen LogP contribution in [-0.2, 0) is 17.9 Å². The number of amides is 1. The topological polar surface area (TPSA) is 66.1 Å². The Morgan fingerprint density at radius 3 is 2.44 bits per heavy atom. The molecule has 4 aromatic rings. The lowest BCUT2D eigenvalue weighted by molar-refractivity contribution is -0.132. The number of carbonyl (C=O) groups excluding carboxylic acids is 1. The normalized spacial score (nSPS) is 10.9. The molecule has 1 N–H and O–H groups in total. The maximum Gasteiger partial charge on any atom is 0.258 e. The van der Waals surface area contributed by atoms with Crippen LogP contribution in [0.1, 0.15) is 17.8 Å². The van der Waals surface area contributed by atoms with E-state index in [0.29, 0.717) is 40.5 Å². The summed E-state index contributed by atoms with van der Waals surface area (Å²) in [4.78, 5) is 35.8. The van der Waals surface area contributed by atoms with E-state index in [2.05, 4.69) is 9.97 Å². The van der Waals surface area contributed by atoms with Gasteiger partial charge in [-0.1, -0.05) is 54.1 Å². The SMILES string of the molecule is O=C(CCSc1ccc(Cl)cc1)N(Cc1ccccc1)Cc1nc2ccccc2c(=O)[nH]1. The lowest BCUT2D eigenvalue weighted by atomic mass is 10.2. The average molecular weight is 464 g/mol. The highest BCUT2D eigenvalue weighted by Crippen LogP contribution is 2.22. The number of benzene rings is 3. The number of rotatable bonds is 8. The van der Waals surface area contributed by atoms with Crippen LogP contribution in [0.4, 0.5) is 0 Å². The Kier molecular flexibility index (Phi) is 7.24. The van der Waals surface area contributed by atoms with Gasteiger partial charge in [0.2, 0.25) is 5.91 Å². The second-order valence-corrected chi connectivity index (χ2v) is 8.92. The predicted molar refractivity (Wildman–Crippen MR) is 130 cm³/mol. The molecule has 4 rings (SSSR count). The molecular weight excluding hydrogens is 442 g/mol. The number of carbonyl (C=O) groups is 1. The molecule has 0 fully saturated rings. The van der Waals surface area contributed by atoms with Crippen molar-refractivity contribution < 1.29 is 4.79 Å². The number of nitrogens with one attached hydrogen (secondary N) is 1. The molecule has 1 amide bonds. The summed E-state index contributed by atoms with van der Waals surface area (Å²) in [5, 5.41) is 1.23. The van der Waals surface area contributed by atoms with Gasteiger partial charge < -0.3 is 9.88 Å². The van der Waals surface area contributed by atoms with Crippen molar-refractivity contribution in [3.63, 3.8) is 0 Å². The lowest BCUT2D eigenvalue weighted by Crippen LogP contribution is -2.32. The number of hydrogen-bond donors (Lipinski definition) is 1. The largest absolute Gasteiger partial charge is 0.331 e. The number of aromatic nitrogens is 2. The van der Waals surface area contributed by atoms with Crippen molar-refractivity contribution in [2.45, 2.75) is 24.4 Å². The molecule has 0 aliphatic carbocycles. The standard InChI is InChI=1S/C25H22ClN3O2S/c26-19-10-12-20(13-11-19)32-15-14-24(30)29(16-18-6-2-1-3-7-18)17-23-27-22-9-5-4-8-21(22)25(31)28-23/h1-13H,14-17H2,(H,27,28,31). The Balaban J connectivity index is 1.49. The Bertz CT molecular complexity index is 1260. The number of hydrogen-bond acceptors (Lipinski definition) is 4. The van der Waals surface area contributed by atoms with Crippen LogP contribution in [-0.4, -0.2) is 26.5 Å². The van der Waals surface area contributed by atoms with Crippen LogP contribution in [0.25, 0.3) is 10.9 Å². The Morgan fingerprint density at radius 1 is 0.938 bits per heavy atom. The number of thioether (sulfide) groups is 1. The Morgan fingerprint density at radius 2 is 1.66 bits per heavy atom. The van der Waals surface area contributed by atoms with Gasteiger partial charge in [0.1, 0.15) is 5.82 Å². The summed E-state index contributed by atoms with van der Waals surface area (Å²) < 4.78 is 0. The number of nitrogens with zero attached hydrogens (tertiary/aromatic N) is 2. The maximum atomic E-state index is 13.1. The van der Waals surface area contributed by atoms with E-state index in [-0.39, 0.29) is 18.0 Å². The molecule has 3 aromatic carbocycles. The summed E-state index contributed by atoms with van der Waals surface area (Å²) in [6, 6.07) is 24.6. The molecule has 5 nitrogen and oxygen atoms in total. The van der Waals surface area contributed by atoms with Gasteiger partial charge in [-0.15, -0.1) is 11.8 Å². The number of H-pyrrole nitrogens is 1. The van der Waals surface area contributed by atoms with E-state index in [9.17, 15) is 9.59 Å². The summed E-state index contributed by atoms with van der Waals surface area (Å²) in [5.74, 6) is 1.13. The fourth-order valence-electron chi connectivity index (χ4n) is 3.37. The summed E-state index contributed by atoms with van der Waals surface area (Å²) in [5.41, 5.74) is 1.45. The van der Waals surface area contributed by atoms with Crippen molar-refractivity contribution in [1.82, 2.24) is 14.9 Å². The molecule has 7 heteroatoms. The number of fused-ring (bicyclic) bond motifs is 1. The molecular formula is C25H22ClN3O2S. The van der Waals surface area contributed by atoms with Crippen molar-refractivity contribution in [3.8, 4) is 0 Å². The van der Waals surface area contributed by atoms with E-state index in [4.69, 9.17) is 11.6 Å². The van der Waals surface area contributed by atoms with Crippen LogP contribution in [0.15, 0.2) is 88.6 Å². The van der Waals surface area contributed by atoms with Gasteiger partial charge in [0.25, 0.3) is 5.56 Å². The molecule has 1 aromatic heterocycles. The summed E-state index contributed by atoms with van der Waals surface area (Å²) in [7, 11) is 0. The number of para-hydroxylation sites is 1. The highest BCUT2D eigenvalue weighted by molar-refractivity contribution is 7.99. The molecule has 0 aliphatic heterocycles. The predicted octanol–water partition coefficient (Wildman–Crippen LogP) is 5.29. The minimum Gasteiger partial charge on any atom is -0.331 e. The third kappa shape index (κ3) is 5.78. The average Bonchev–Trinajstić information content (AvgIpc) is 2.80. The molecule has 32 heavy (non-hydrogen) atoms. The molecule has 0 aliphatic rings. The van der Waals surface area contributed by atoms with Crippen LogP contribution in [0.5, 0.6) is 0 Å². The lowest BCUT2D eigenvalue weighted by Gasteiger charge is -2.22. The zero-order chi connectivity index (χ0) is 22.3. The second kappa shape index (κ2) is 10.5. The zero-order valence-corrected chi connectivity index (χ0v) is 18.9. The van der Waals surface area contributed by atoms with Gasteiger partial charge >= 0.3 is 0 Å². The van der Waals surface area contributed by atoms with Gasteiger partial charge in [-0.3, -0.25) is 9.59 Å². The van der Waals surface area contributed by atoms with Crippen LogP contribution in [0, 0.1) is 0 Å². The van der Waals surface area contributed by atoms with Gasteiger partial charge in [0.05, 0.1) is 17.4 Å². The van der Waals surface area contributed by atoms with Gasteiger partial charge in [0, 0.05) is 28.6 Å². The first kappa shape index (κ1) is 22.1. The van der Waals surface area contributed by atoms with Gasteiger partial charge in [-0.25, -0.2) is 4.98 Å². The van der Waals surface area contributed by atoms with E-state index in [1.807, 2.05) is 66.7 Å². The smallest absolute Gasteiger partial charge is 0.258 e. The second-order valence-electron chi connectivity index (χ2n) is 7.32. The molecule has 162 valence electrons. The highest BCUT2D eigenvalue weighted by Gasteiger charge is 2.16. The van der Waals surface area contributed by atoms with Gasteiger partial charge in [-0.05, 0) is 42.0 Å². The first-order valence-electron chi connectivity index (χ1n) is 10.3. The number of aromatic amines is 1. The molecule has 0 unspecified atom stereocenters. The van der Waals surface area contributed by atoms with E-state index < -0.39 is 0 Å². The monoisotopic (exact) mass is 463 g/mol. The Labute approximate surface area is 195 Å². The molecule has 0 spiro atoms. The number of halogens is 1. The van der Waals surface area contributed by atoms with Crippen molar-refractivity contribution in [2.75, 3.05) is 5.75 Å². The van der Waals surface area contributed by atoms with E-state index in [1.54, 1.807) is 28.8 Å². The highest BCUT2D eigenvalue weighted by atomic mass is 35.5. The quantitative estimate of drug-likeness (QED) is 0.361. The minimum absolute atomic E-state index is 0.00567. The van der Waals surface area contributed by atoms with E-state index in [1.165, 1.54) is 0 Å². The van der Waals surface area contributed by atoms with Crippen molar-refractivity contribution in [1.29, 1.82) is 0 Å². The fraction of sp³-hybridized carbons (Fsp3) is 0.160. The molecule has 0 atom stereocenters. The van der Waals surface area contributed by atoms with Crippen molar-refractivity contribution in [2.24, 2.45) is 0 Å². The molecule has 0 bridgehead atoms. The first-order valence-corrected chi connectivity index (χ1v) is 11.6. The van der Waals surface area contributed by atoms with Crippen LogP contribution >= 0.6 is 23.4 Å². The molecule has 1 heterocycles. The summed E-state index contributed by atoms with van der Waals surface area (Å²) in [6.07, 6.45) is 0.373. The molecule has 0 saturated carbocycles. The van der Waals surface area contributed by atoms with Crippen molar-refractivity contribution >= 4 is 40.2 Å². The fourth-order valence-corrected chi connectivity index (χ4v) is 4.34. The maximum absolute atomic E-state index is 13.1. The third-order valence-corrected chi connectivity index (χ3v) is 6.24.